The van der Waals surface area contributed by atoms with Crippen LogP contribution in [0.15, 0.2) is 0 Å². The van der Waals surface area contributed by atoms with Crippen molar-refractivity contribution in [1.82, 2.24) is 0 Å². The van der Waals surface area contributed by atoms with Gasteiger partial charge in [0.25, 0.3) is 0 Å². The molecule has 0 aromatic heterocycles. The average molecular weight is 593 g/mol. The van der Waals surface area contributed by atoms with E-state index in [1.54, 1.807) is 0 Å². The molecule has 232 valence electrons. The average Bonchev–Trinajstić information content (AvgIpc) is 3.19. The molecule has 0 saturated heterocycles. The van der Waals surface area contributed by atoms with E-state index in [9.17, 15) is 4.79 Å². The van der Waals surface area contributed by atoms with Gasteiger partial charge in [-0.2, -0.15) is 0 Å². The molecule has 4 unspecified atom stereocenters. The maximum absolute atomic E-state index is 11.9. The second kappa shape index (κ2) is 12.1. The molecule has 0 aliphatic heterocycles. The Morgan fingerprint density at radius 3 is 2.08 bits per heavy atom. The van der Waals surface area contributed by atoms with Gasteiger partial charge >= 0.3 is 5.97 Å². The maximum Gasteiger partial charge on any atom is 0.308 e. The normalized spacial score (nSPS) is 41.4. The van der Waals surface area contributed by atoms with E-state index in [-0.39, 0.29) is 11.9 Å². The molecule has 40 heavy (non-hydrogen) atoms. The van der Waals surface area contributed by atoms with Crippen LogP contribution in [0.3, 0.4) is 0 Å². The first-order chi connectivity index (χ1) is 18.5. The van der Waals surface area contributed by atoms with Crippen molar-refractivity contribution in [2.75, 3.05) is 7.11 Å². The molecule has 0 radical (unpaired) electrons. The number of carbonyl (C=O) groups is 1. The van der Waals surface area contributed by atoms with Crippen LogP contribution in [0.2, 0.25) is 39.3 Å². The number of fused-ring (bicyclic) bond motifs is 5. The molecular formula is C34H64O4Si2. The molecule has 4 rings (SSSR count). The van der Waals surface area contributed by atoms with Gasteiger partial charge in [-0.1, -0.05) is 40.5 Å². The first-order valence-corrected chi connectivity index (χ1v) is 23.7. The SMILES string of the molecule is COC(=O)C(C)CCC[C@@H](C)[C@H]1CCC2C3C(CC[C@@]21C)[C@@]1(C)CC[C@@H](O[Si](C)(C)C)C[C@H]1C[C@H]3O[Si](C)(C)C. The molecule has 4 aliphatic rings. The van der Waals surface area contributed by atoms with Crippen molar-refractivity contribution in [3.63, 3.8) is 0 Å². The number of carbonyl (C=O) groups excluding carboxylic acids is 1. The predicted molar refractivity (Wildman–Crippen MR) is 171 cm³/mol. The molecule has 0 aromatic carbocycles. The van der Waals surface area contributed by atoms with Crippen LogP contribution in [0.5, 0.6) is 0 Å². The number of hydrogen-bond donors (Lipinski definition) is 0. The lowest BCUT2D eigenvalue weighted by atomic mass is 9.43. The highest BCUT2D eigenvalue weighted by atomic mass is 28.4. The monoisotopic (exact) mass is 592 g/mol. The Morgan fingerprint density at radius 1 is 0.825 bits per heavy atom. The zero-order chi connectivity index (χ0) is 29.7. The highest BCUT2D eigenvalue weighted by Gasteiger charge is 2.63. The van der Waals surface area contributed by atoms with Crippen molar-refractivity contribution in [3.05, 3.63) is 0 Å². The minimum absolute atomic E-state index is 0.0150. The van der Waals surface area contributed by atoms with Gasteiger partial charge in [0.1, 0.15) is 0 Å². The van der Waals surface area contributed by atoms with Crippen molar-refractivity contribution in [1.29, 1.82) is 0 Å². The Hall–Kier alpha value is -0.176. The fourth-order valence-electron chi connectivity index (χ4n) is 10.6. The van der Waals surface area contributed by atoms with E-state index < -0.39 is 16.6 Å². The summed E-state index contributed by atoms with van der Waals surface area (Å²) in [6.07, 6.45) is 14.8. The number of ether oxygens (including phenoxy) is 1. The summed E-state index contributed by atoms with van der Waals surface area (Å²) in [6, 6.07) is 0. The molecule has 6 heteroatoms. The van der Waals surface area contributed by atoms with Gasteiger partial charge in [0, 0.05) is 12.2 Å². The van der Waals surface area contributed by atoms with Crippen LogP contribution in [0.1, 0.15) is 98.3 Å². The summed E-state index contributed by atoms with van der Waals surface area (Å²) >= 11 is 0. The van der Waals surface area contributed by atoms with E-state index in [0.717, 1.165) is 42.4 Å². The van der Waals surface area contributed by atoms with Crippen LogP contribution in [0.25, 0.3) is 0 Å². The van der Waals surface area contributed by atoms with Crippen LogP contribution >= 0.6 is 0 Å². The van der Waals surface area contributed by atoms with E-state index >= 15 is 0 Å². The summed E-state index contributed by atoms with van der Waals surface area (Å²) < 4.78 is 18.9. The van der Waals surface area contributed by atoms with E-state index in [2.05, 4.69) is 60.1 Å². The number of methoxy groups -OCH3 is 1. The molecule has 0 amide bonds. The Kier molecular flexibility index (Phi) is 9.88. The third-order valence-corrected chi connectivity index (χ3v) is 14.3. The van der Waals surface area contributed by atoms with Gasteiger partial charge in [0.05, 0.1) is 13.0 Å². The molecule has 0 bridgehead atoms. The summed E-state index contributed by atoms with van der Waals surface area (Å²) in [5, 5.41) is 0. The Bertz CT molecular complexity index is 880. The minimum atomic E-state index is -1.67. The molecular weight excluding hydrogens is 529 g/mol. The minimum Gasteiger partial charge on any atom is -0.469 e. The zero-order valence-electron chi connectivity index (χ0n) is 28.1. The quantitative estimate of drug-likeness (QED) is 0.187. The highest BCUT2D eigenvalue weighted by molar-refractivity contribution is 6.70. The molecule has 0 heterocycles. The van der Waals surface area contributed by atoms with E-state index in [4.69, 9.17) is 13.6 Å². The lowest BCUT2D eigenvalue weighted by Gasteiger charge is -2.64. The molecule has 0 N–H and O–H groups in total. The number of hydrogen-bond acceptors (Lipinski definition) is 4. The van der Waals surface area contributed by atoms with Gasteiger partial charge < -0.3 is 13.6 Å². The van der Waals surface area contributed by atoms with Crippen LogP contribution in [0, 0.1) is 52.3 Å². The predicted octanol–water partition coefficient (Wildman–Crippen LogP) is 9.31. The number of rotatable bonds is 10. The van der Waals surface area contributed by atoms with Gasteiger partial charge in [-0.3, -0.25) is 4.79 Å². The lowest BCUT2D eigenvalue weighted by Crippen LogP contribution is -2.60. The molecule has 4 aliphatic carbocycles. The molecule has 0 aromatic rings. The smallest absolute Gasteiger partial charge is 0.308 e. The van der Waals surface area contributed by atoms with Crippen LogP contribution in [-0.4, -0.2) is 41.9 Å². The van der Waals surface area contributed by atoms with Crippen LogP contribution in [0.4, 0.5) is 0 Å². The molecule has 4 nitrogen and oxygen atoms in total. The lowest BCUT2D eigenvalue weighted by molar-refractivity contribution is -0.168. The van der Waals surface area contributed by atoms with Crippen molar-refractivity contribution in [2.24, 2.45) is 52.3 Å². The van der Waals surface area contributed by atoms with E-state index in [0.29, 0.717) is 29.0 Å². The van der Waals surface area contributed by atoms with Gasteiger partial charge in [-0.05, 0) is 143 Å². The van der Waals surface area contributed by atoms with Crippen LogP contribution < -0.4 is 0 Å². The second-order valence-corrected chi connectivity index (χ2v) is 26.1. The molecule has 11 atom stereocenters. The summed E-state index contributed by atoms with van der Waals surface area (Å²) in [6.45, 7) is 24.2. The zero-order valence-corrected chi connectivity index (χ0v) is 30.1. The van der Waals surface area contributed by atoms with E-state index in [1.807, 2.05) is 6.92 Å². The summed E-state index contributed by atoms with van der Waals surface area (Å²) in [5.41, 5.74) is 0.870. The van der Waals surface area contributed by atoms with Gasteiger partial charge in [0.15, 0.2) is 16.6 Å². The molecule has 4 fully saturated rings. The second-order valence-electron chi connectivity index (χ2n) is 17.2. The Labute approximate surface area is 249 Å². The van der Waals surface area contributed by atoms with Gasteiger partial charge in [-0.25, -0.2) is 0 Å². The van der Waals surface area contributed by atoms with Crippen molar-refractivity contribution < 1.29 is 18.4 Å². The van der Waals surface area contributed by atoms with Gasteiger partial charge in [0.2, 0.25) is 0 Å². The largest absolute Gasteiger partial charge is 0.469 e. The molecule has 4 saturated carbocycles. The van der Waals surface area contributed by atoms with Crippen molar-refractivity contribution in [3.8, 4) is 0 Å². The summed E-state index contributed by atoms with van der Waals surface area (Å²) in [7, 11) is -1.69. The van der Waals surface area contributed by atoms with Gasteiger partial charge in [-0.15, -0.1) is 0 Å². The van der Waals surface area contributed by atoms with Crippen molar-refractivity contribution >= 4 is 22.6 Å². The third kappa shape index (κ3) is 6.80. The Balaban J connectivity index is 1.52. The van der Waals surface area contributed by atoms with E-state index in [1.165, 1.54) is 64.9 Å². The first-order valence-electron chi connectivity index (χ1n) is 16.9. The molecule has 0 spiro atoms. The first kappa shape index (κ1) is 32.7. The number of esters is 1. The third-order valence-electron chi connectivity index (χ3n) is 12.3. The fourth-order valence-corrected chi connectivity index (χ4v) is 13.0. The fraction of sp³-hybridized carbons (Fsp3) is 0.971. The Morgan fingerprint density at radius 2 is 1.45 bits per heavy atom. The standard InChI is InChI=1S/C34H64O4Si2/c1-23(13-12-14-24(2)32(35)36-5)27-15-16-28-31-29(18-20-34(27,28)4)33(3)19-17-26(37-39(6,7)8)21-25(33)22-30(31)38-40(9,10)11/h23-31H,12-22H2,1-11H3/t23-,24?,25+,26-,27-,28?,29?,30-,31?,33+,34-/m1/s1. The highest BCUT2D eigenvalue weighted by Crippen LogP contribution is 2.69. The summed E-state index contributed by atoms with van der Waals surface area (Å²) in [5.74, 6) is 4.52. The van der Waals surface area contributed by atoms with Crippen LogP contribution in [-0.2, 0) is 18.4 Å². The summed E-state index contributed by atoms with van der Waals surface area (Å²) in [4.78, 5) is 11.9. The topological polar surface area (TPSA) is 44.8 Å². The maximum atomic E-state index is 11.9. The van der Waals surface area contributed by atoms with Crippen molar-refractivity contribution in [2.45, 2.75) is 150 Å².